The summed E-state index contributed by atoms with van der Waals surface area (Å²) in [5.74, 6) is 0.196. The highest BCUT2D eigenvalue weighted by atomic mass is 16.3. The van der Waals surface area contributed by atoms with E-state index in [-0.39, 0.29) is 12.4 Å². The molecule has 1 rings (SSSR count). The summed E-state index contributed by atoms with van der Waals surface area (Å²) < 4.78 is 0. The van der Waals surface area contributed by atoms with Crippen molar-refractivity contribution in [2.45, 2.75) is 6.61 Å². The second-order valence-corrected chi connectivity index (χ2v) is 1.83. The van der Waals surface area contributed by atoms with Crippen molar-refractivity contribution in [3.05, 3.63) is 29.8 Å². The Bertz CT molecular complexity index is 198. The minimum Gasteiger partial charge on any atom is -0.508 e. The summed E-state index contributed by atoms with van der Waals surface area (Å²) in [6, 6.07) is 6.54. The molecule has 0 aliphatic rings. The maximum atomic E-state index is 8.83. The van der Waals surface area contributed by atoms with Gasteiger partial charge in [-0.3, -0.25) is 0 Å². The first kappa shape index (κ1) is 9.94. The standard InChI is InChI=1S/C7H8O2.CH4O/c8-5-6-2-1-3-7(9)4-6;1-2/h1-4,8-9H,5H2;2H,1H3. The molecular weight excluding hydrogens is 144 g/mol. The van der Waals surface area contributed by atoms with E-state index in [9.17, 15) is 0 Å². The first-order chi connectivity index (χ1) is 5.33. The van der Waals surface area contributed by atoms with E-state index >= 15 is 0 Å². The van der Waals surface area contributed by atoms with Gasteiger partial charge in [-0.25, -0.2) is 0 Å². The highest BCUT2D eigenvalue weighted by Crippen LogP contribution is 2.09. The van der Waals surface area contributed by atoms with Crippen molar-refractivity contribution in [1.29, 1.82) is 0 Å². The van der Waals surface area contributed by atoms with Gasteiger partial charge in [-0.1, -0.05) is 12.1 Å². The largest absolute Gasteiger partial charge is 0.508 e. The molecular formula is C8H12O3. The molecule has 3 heteroatoms. The average molecular weight is 156 g/mol. The van der Waals surface area contributed by atoms with E-state index in [1.54, 1.807) is 18.2 Å². The third-order valence-electron chi connectivity index (χ3n) is 1.09. The zero-order chi connectivity index (χ0) is 8.69. The molecule has 0 aliphatic carbocycles. The minimum atomic E-state index is -0.0194. The van der Waals surface area contributed by atoms with Gasteiger partial charge in [0.1, 0.15) is 5.75 Å². The van der Waals surface area contributed by atoms with E-state index in [2.05, 4.69) is 0 Å². The van der Waals surface area contributed by atoms with Crippen molar-refractivity contribution in [2.24, 2.45) is 0 Å². The number of rotatable bonds is 1. The van der Waals surface area contributed by atoms with Crippen molar-refractivity contribution in [3.8, 4) is 5.75 Å². The molecule has 0 unspecified atom stereocenters. The lowest BCUT2D eigenvalue weighted by atomic mass is 10.2. The zero-order valence-corrected chi connectivity index (χ0v) is 6.36. The van der Waals surface area contributed by atoms with Crippen LogP contribution in [0.25, 0.3) is 0 Å². The predicted molar refractivity (Wildman–Crippen MR) is 42.2 cm³/mol. The molecule has 0 saturated carbocycles. The third-order valence-corrected chi connectivity index (χ3v) is 1.09. The van der Waals surface area contributed by atoms with Crippen molar-refractivity contribution in [1.82, 2.24) is 0 Å². The van der Waals surface area contributed by atoms with Gasteiger partial charge in [-0.2, -0.15) is 0 Å². The Hall–Kier alpha value is -1.06. The number of hydrogen-bond donors (Lipinski definition) is 3. The van der Waals surface area contributed by atoms with Crippen LogP contribution >= 0.6 is 0 Å². The number of aromatic hydroxyl groups is 1. The molecule has 0 aromatic heterocycles. The number of aliphatic hydroxyl groups excluding tert-OH is 2. The van der Waals surface area contributed by atoms with Crippen LogP contribution in [0.1, 0.15) is 5.56 Å². The van der Waals surface area contributed by atoms with Gasteiger partial charge in [0.25, 0.3) is 0 Å². The van der Waals surface area contributed by atoms with Crippen LogP contribution in [-0.4, -0.2) is 22.4 Å². The van der Waals surface area contributed by atoms with Gasteiger partial charge >= 0.3 is 0 Å². The Morgan fingerprint density at radius 3 is 2.27 bits per heavy atom. The van der Waals surface area contributed by atoms with Gasteiger partial charge in [-0.05, 0) is 17.7 Å². The number of phenols is 1. The summed E-state index contributed by atoms with van der Waals surface area (Å²) >= 11 is 0. The quantitative estimate of drug-likeness (QED) is 0.554. The van der Waals surface area contributed by atoms with Crippen LogP contribution in [0.5, 0.6) is 5.75 Å². The van der Waals surface area contributed by atoms with E-state index in [1.165, 1.54) is 6.07 Å². The van der Waals surface area contributed by atoms with Crippen LogP contribution in [0.4, 0.5) is 0 Å². The Morgan fingerprint density at radius 1 is 1.27 bits per heavy atom. The van der Waals surface area contributed by atoms with Gasteiger partial charge in [0.05, 0.1) is 6.61 Å². The lowest BCUT2D eigenvalue weighted by Crippen LogP contribution is -1.79. The number of phenolic OH excluding ortho intramolecular Hbond substituents is 1. The van der Waals surface area contributed by atoms with Crippen LogP contribution < -0.4 is 0 Å². The molecule has 0 spiro atoms. The lowest BCUT2D eigenvalue weighted by Gasteiger charge is -1.93. The monoisotopic (exact) mass is 156 g/mol. The summed E-state index contributed by atoms with van der Waals surface area (Å²) in [6.07, 6.45) is 0. The van der Waals surface area contributed by atoms with Crippen LogP contribution in [-0.2, 0) is 6.61 Å². The topological polar surface area (TPSA) is 60.7 Å². The van der Waals surface area contributed by atoms with Gasteiger partial charge in [0.15, 0.2) is 0 Å². The highest BCUT2D eigenvalue weighted by molar-refractivity contribution is 5.26. The molecule has 0 heterocycles. The van der Waals surface area contributed by atoms with E-state index < -0.39 is 0 Å². The number of benzene rings is 1. The van der Waals surface area contributed by atoms with Crippen LogP contribution in [0.15, 0.2) is 24.3 Å². The summed E-state index contributed by atoms with van der Waals surface area (Å²) in [6.45, 7) is -0.0194. The first-order valence-electron chi connectivity index (χ1n) is 3.16. The molecule has 3 N–H and O–H groups in total. The fourth-order valence-electron chi connectivity index (χ4n) is 0.655. The second kappa shape index (κ2) is 5.70. The Morgan fingerprint density at radius 2 is 1.91 bits per heavy atom. The maximum absolute atomic E-state index is 8.83. The lowest BCUT2D eigenvalue weighted by molar-refractivity contribution is 0.281. The Balaban J connectivity index is 0.000000461. The maximum Gasteiger partial charge on any atom is 0.115 e. The molecule has 1 aromatic rings. The average Bonchev–Trinajstić information content (AvgIpc) is 2.08. The molecule has 1 aromatic carbocycles. The molecule has 0 atom stereocenters. The normalized spacial score (nSPS) is 8.27. The summed E-state index contributed by atoms with van der Waals surface area (Å²) in [4.78, 5) is 0. The number of aliphatic hydroxyl groups is 2. The molecule has 3 nitrogen and oxygen atoms in total. The van der Waals surface area contributed by atoms with E-state index in [0.29, 0.717) is 0 Å². The van der Waals surface area contributed by atoms with Gasteiger partial charge < -0.3 is 15.3 Å². The second-order valence-electron chi connectivity index (χ2n) is 1.83. The predicted octanol–water partition coefficient (Wildman–Crippen LogP) is 0.493. The van der Waals surface area contributed by atoms with Crippen molar-refractivity contribution in [2.75, 3.05) is 7.11 Å². The van der Waals surface area contributed by atoms with Crippen molar-refractivity contribution < 1.29 is 15.3 Å². The minimum absolute atomic E-state index is 0.0194. The smallest absolute Gasteiger partial charge is 0.115 e. The van der Waals surface area contributed by atoms with Gasteiger partial charge in [0.2, 0.25) is 0 Å². The molecule has 0 amide bonds. The summed E-state index contributed by atoms with van der Waals surface area (Å²) in [5, 5.41) is 24.4. The molecule has 0 aliphatic heterocycles. The molecule has 11 heavy (non-hydrogen) atoms. The Labute approximate surface area is 65.5 Å². The SMILES string of the molecule is CO.OCc1cccc(O)c1. The third kappa shape index (κ3) is 3.60. The summed E-state index contributed by atoms with van der Waals surface area (Å²) in [7, 11) is 1.00. The Kier molecular flexibility index (Phi) is 5.15. The van der Waals surface area contributed by atoms with E-state index in [0.717, 1.165) is 12.7 Å². The van der Waals surface area contributed by atoms with Crippen LogP contribution in [0.3, 0.4) is 0 Å². The zero-order valence-electron chi connectivity index (χ0n) is 6.36. The van der Waals surface area contributed by atoms with Gasteiger partial charge in [-0.15, -0.1) is 0 Å². The molecule has 0 saturated heterocycles. The molecule has 0 bridgehead atoms. The van der Waals surface area contributed by atoms with E-state index in [1.807, 2.05) is 0 Å². The summed E-state index contributed by atoms with van der Waals surface area (Å²) in [5.41, 5.74) is 0.731. The van der Waals surface area contributed by atoms with E-state index in [4.69, 9.17) is 15.3 Å². The van der Waals surface area contributed by atoms with Crippen molar-refractivity contribution in [3.63, 3.8) is 0 Å². The first-order valence-corrected chi connectivity index (χ1v) is 3.16. The fourth-order valence-corrected chi connectivity index (χ4v) is 0.655. The highest BCUT2D eigenvalue weighted by Gasteiger charge is 1.88. The molecule has 62 valence electrons. The number of hydrogen-bond acceptors (Lipinski definition) is 3. The van der Waals surface area contributed by atoms with Crippen LogP contribution in [0, 0.1) is 0 Å². The van der Waals surface area contributed by atoms with Crippen molar-refractivity contribution >= 4 is 0 Å². The van der Waals surface area contributed by atoms with Crippen LogP contribution in [0.2, 0.25) is 0 Å². The van der Waals surface area contributed by atoms with Gasteiger partial charge in [0, 0.05) is 7.11 Å². The fraction of sp³-hybridized carbons (Fsp3) is 0.250. The molecule has 0 radical (unpaired) electrons. The molecule has 0 fully saturated rings.